The lowest BCUT2D eigenvalue weighted by Gasteiger charge is -2.03. The van der Waals surface area contributed by atoms with E-state index in [1.807, 2.05) is 0 Å². The molecule has 8 atom stereocenters. The van der Waals surface area contributed by atoms with Crippen molar-refractivity contribution >= 4 is 31.9 Å². The van der Waals surface area contributed by atoms with E-state index in [-0.39, 0.29) is 0 Å². The number of hydrogen-bond acceptors (Lipinski definition) is 0. The van der Waals surface area contributed by atoms with Crippen LogP contribution in [-0.2, 0) is 0 Å². The Labute approximate surface area is 101 Å². The molecule has 0 amide bonds. The van der Waals surface area contributed by atoms with Crippen LogP contribution in [0, 0.1) is 47.3 Å². The zero-order valence-electron chi connectivity index (χ0n) is 7.94. The first kappa shape index (κ1) is 8.11. The van der Waals surface area contributed by atoms with Crippen LogP contribution in [0.4, 0.5) is 0 Å². The van der Waals surface area contributed by atoms with Gasteiger partial charge in [0.25, 0.3) is 0 Å². The first-order chi connectivity index (χ1) is 6.79. The van der Waals surface area contributed by atoms with E-state index < -0.39 is 0 Å². The van der Waals surface area contributed by atoms with Gasteiger partial charge in [-0.05, 0) is 60.2 Å². The molecular formula is C12H14Br2. The molecule has 0 N–H and O–H groups in total. The normalized spacial score (nSPS) is 81.0. The van der Waals surface area contributed by atoms with Gasteiger partial charge in [0, 0.05) is 9.65 Å². The molecule has 0 heterocycles. The van der Waals surface area contributed by atoms with Crippen molar-refractivity contribution in [1.82, 2.24) is 0 Å². The third kappa shape index (κ3) is 0.773. The summed E-state index contributed by atoms with van der Waals surface area (Å²) in [4.78, 5) is 1.86. The topological polar surface area (TPSA) is 0 Å². The summed E-state index contributed by atoms with van der Waals surface area (Å²) in [5.74, 6) is 8.99. The van der Waals surface area contributed by atoms with Gasteiger partial charge in [-0.1, -0.05) is 31.9 Å². The zero-order valence-corrected chi connectivity index (χ0v) is 11.1. The minimum absolute atomic E-state index is 0.929. The molecule has 5 saturated carbocycles. The third-order valence-electron chi connectivity index (χ3n) is 5.84. The van der Waals surface area contributed by atoms with Crippen LogP contribution < -0.4 is 0 Å². The van der Waals surface area contributed by atoms with Crippen LogP contribution >= 0.6 is 31.9 Å². The lowest BCUT2D eigenvalue weighted by Crippen LogP contribution is -2.00. The van der Waals surface area contributed by atoms with Gasteiger partial charge >= 0.3 is 0 Å². The molecule has 8 unspecified atom stereocenters. The van der Waals surface area contributed by atoms with Gasteiger partial charge in [-0.2, -0.15) is 0 Å². The summed E-state index contributed by atoms with van der Waals surface area (Å²) in [5, 5.41) is 0. The maximum atomic E-state index is 3.92. The van der Waals surface area contributed by atoms with Gasteiger partial charge in [0.1, 0.15) is 0 Å². The van der Waals surface area contributed by atoms with Gasteiger partial charge in [0.2, 0.25) is 0 Å². The summed E-state index contributed by atoms with van der Waals surface area (Å²) >= 11 is 7.83. The van der Waals surface area contributed by atoms with Gasteiger partial charge in [0.05, 0.1) is 0 Å². The Bertz CT molecular complexity index is 268. The highest BCUT2D eigenvalue weighted by atomic mass is 79.9. The maximum Gasteiger partial charge on any atom is 0.0214 e. The van der Waals surface area contributed by atoms with E-state index in [1.54, 1.807) is 12.8 Å². The van der Waals surface area contributed by atoms with Crippen LogP contribution in [0.2, 0.25) is 0 Å². The standard InChI is InChI=1S/C12H14Br2/c13-11-7-3-1-4(3)8-10(12(8)14)6-2-5(6)9(7)11/h3-12H,1-2H2. The third-order valence-corrected chi connectivity index (χ3v) is 8.28. The second-order valence-corrected chi connectivity index (χ2v) is 8.44. The predicted molar refractivity (Wildman–Crippen MR) is 62.6 cm³/mol. The van der Waals surface area contributed by atoms with Gasteiger partial charge in [-0.15, -0.1) is 0 Å². The van der Waals surface area contributed by atoms with E-state index in [9.17, 15) is 0 Å². The zero-order chi connectivity index (χ0) is 9.19. The van der Waals surface area contributed by atoms with Crippen molar-refractivity contribution in [2.45, 2.75) is 22.5 Å². The highest BCUT2D eigenvalue weighted by Crippen LogP contribution is 2.79. The molecular weight excluding hydrogens is 304 g/mol. The molecule has 5 rings (SSSR count). The Morgan fingerprint density at radius 3 is 1.14 bits per heavy atom. The largest absolute Gasteiger partial charge is 0.0884 e. The molecule has 0 aromatic heterocycles. The van der Waals surface area contributed by atoms with Gasteiger partial charge < -0.3 is 0 Å². The molecule has 2 heteroatoms. The Hall–Kier alpha value is 0.960. The number of hydrogen-bond donors (Lipinski definition) is 0. The van der Waals surface area contributed by atoms with Gasteiger partial charge in [0.15, 0.2) is 0 Å². The molecule has 76 valence electrons. The summed E-state index contributed by atoms with van der Waals surface area (Å²) in [6, 6.07) is 0. The molecule has 0 nitrogen and oxygen atoms in total. The highest BCUT2D eigenvalue weighted by Gasteiger charge is 2.76. The fraction of sp³-hybridized carbons (Fsp3) is 1.00. The summed E-state index contributed by atoms with van der Waals surface area (Å²) < 4.78 is 0. The fourth-order valence-corrected chi connectivity index (χ4v) is 7.59. The SMILES string of the molecule is BrC1C2C3CC3C3C(Br)C3C3CC3C12. The average molecular weight is 318 g/mol. The van der Waals surface area contributed by atoms with Crippen molar-refractivity contribution < 1.29 is 0 Å². The average Bonchev–Trinajstić information content (AvgIpc) is 2.83. The molecule has 0 aromatic rings. The van der Waals surface area contributed by atoms with Crippen LogP contribution in [0.25, 0.3) is 0 Å². The second kappa shape index (κ2) is 2.16. The van der Waals surface area contributed by atoms with E-state index in [0.717, 1.165) is 57.0 Å². The van der Waals surface area contributed by atoms with Crippen molar-refractivity contribution in [3.8, 4) is 0 Å². The van der Waals surface area contributed by atoms with E-state index in [2.05, 4.69) is 31.9 Å². The first-order valence-corrected chi connectivity index (χ1v) is 7.90. The lowest BCUT2D eigenvalue weighted by molar-refractivity contribution is 0.434. The molecule has 5 aliphatic rings. The van der Waals surface area contributed by atoms with Crippen molar-refractivity contribution in [2.75, 3.05) is 0 Å². The molecule has 0 spiro atoms. The molecule has 5 fully saturated rings. The van der Waals surface area contributed by atoms with Crippen molar-refractivity contribution in [3.63, 3.8) is 0 Å². The van der Waals surface area contributed by atoms with E-state index in [1.165, 1.54) is 0 Å². The number of halogens is 2. The van der Waals surface area contributed by atoms with Gasteiger partial charge in [-0.25, -0.2) is 0 Å². The minimum Gasteiger partial charge on any atom is -0.0884 e. The predicted octanol–water partition coefficient (Wildman–Crippen LogP) is 3.29. The summed E-state index contributed by atoms with van der Waals surface area (Å²) in [5.41, 5.74) is 0. The quantitative estimate of drug-likeness (QED) is 0.475. The number of alkyl halides is 2. The van der Waals surface area contributed by atoms with Crippen molar-refractivity contribution in [2.24, 2.45) is 47.3 Å². The van der Waals surface area contributed by atoms with Crippen molar-refractivity contribution in [3.05, 3.63) is 0 Å². The molecule has 0 bridgehead atoms. The van der Waals surface area contributed by atoms with Crippen molar-refractivity contribution in [1.29, 1.82) is 0 Å². The Kier molecular flexibility index (Phi) is 1.25. The monoisotopic (exact) mass is 316 g/mol. The first-order valence-electron chi connectivity index (χ1n) is 6.07. The number of fused-ring (bicyclic) bond motifs is 8. The summed E-state index contributed by atoms with van der Waals surface area (Å²) in [6.45, 7) is 0. The molecule has 0 radical (unpaired) electrons. The molecule has 14 heavy (non-hydrogen) atoms. The Morgan fingerprint density at radius 1 is 0.571 bits per heavy atom. The van der Waals surface area contributed by atoms with Crippen LogP contribution in [0.5, 0.6) is 0 Å². The Balaban J connectivity index is 1.54. The number of rotatable bonds is 0. The van der Waals surface area contributed by atoms with Crippen LogP contribution in [0.3, 0.4) is 0 Å². The molecule has 5 aliphatic carbocycles. The van der Waals surface area contributed by atoms with Gasteiger partial charge in [-0.3, -0.25) is 0 Å². The minimum atomic E-state index is 0.929. The second-order valence-electron chi connectivity index (χ2n) is 6.33. The highest BCUT2D eigenvalue weighted by molar-refractivity contribution is 9.10. The maximum absolute atomic E-state index is 3.92. The summed E-state index contributed by atoms with van der Waals surface area (Å²) in [6.07, 6.45) is 3.15. The van der Waals surface area contributed by atoms with Crippen LogP contribution in [-0.4, -0.2) is 9.65 Å². The fourth-order valence-electron chi connectivity index (χ4n) is 4.96. The van der Waals surface area contributed by atoms with Crippen LogP contribution in [0.1, 0.15) is 12.8 Å². The molecule has 0 saturated heterocycles. The van der Waals surface area contributed by atoms with E-state index in [0.29, 0.717) is 0 Å². The summed E-state index contributed by atoms with van der Waals surface area (Å²) in [7, 11) is 0. The van der Waals surface area contributed by atoms with Crippen LogP contribution in [0.15, 0.2) is 0 Å². The lowest BCUT2D eigenvalue weighted by atomic mass is 10.0. The smallest absolute Gasteiger partial charge is 0.0214 e. The molecule has 0 aliphatic heterocycles. The van der Waals surface area contributed by atoms with E-state index >= 15 is 0 Å². The Morgan fingerprint density at radius 2 is 0.857 bits per heavy atom. The van der Waals surface area contributed by atoms with E-state index in [4.69, 9.17) is 0 Å². The molecule has 0 aromatic carbocycles.